The van der Waals surface area contributed by atoms with Gasteiger partial charge in [-0.15, -0.1) is 0 Å². The van der Waals surface area contributed by atoms with Gasteiger partial charge >= 0.3 is 0 Å². The van der Waals surface area contributed by atoms with Gasteiger partial charge in [0.05, 0.1) is 0 Å². The Labute approximate surface area is 193 Å². The van der Waals surface area contributed by atoms with Crippen molar-refractivity contribution in [1.29, 1.82) is 0 Å². The van der Waals surface area contributed by atoms with Gasteiger partial charge in [0.15, 0.2) is 6.61 Å². The van der Waals surface area contributed by atoms with E-state index in [-0.39, 0.29) is 36.8 Å². The second-order valence-corrected chi connectivity index (χ2v) is 8.67. The van der Waals surface area contributed by atoms with Crippen molar-refractivity contribution in [3.63, 3.8) is 0 Å². The van der Waals surface area contributed by atoms with Gasteiger partial charge in [0, 0.05) is 17.6 Å². The first-order chi connectivity index (χ1) is 15.4. The molecule has 32 heavy (non-hydrogen) atoms. The van der Waals surface area contributed by atoms with E-state index < -0.39 is 6.04 Å². The van der Waals surface area contributed by atoms with Crippen LogP contribution in [-0.4, -0.2) is 35.4 Å². The molecule has 1 atom stereocenters. The number of halogens is 2. The minimum Gasteiger partial charge on any atom is -0.484 e. The maximum atomic E-state index is 13.4. The van der Waals surface area contributed by atoms with Crippen molar-refractivity contribution >= 4 is 23.4 Å². The van der Waals surface area contributed by atoms with Gasteiger partial charge in [-0.25, -0.2) is 4.39 Å². The van der Waals surface area contributed by atoms with Crippen LogP contribution in [0.15, 0.2) is 42.5 Å². The first-order valence-electron chi connectivity index (χ1n) is 11.1. The third kappa shape index (κ3) is 6.45. The zero-order valence-corrected chi connectivity index (χ0v) is 19.3. The minimum atomic E-state index is -0.635. The average molecular weight is 461 g/mol. The van der Waals surface area contributed by atoms with Crippen molar-refractivity contribution in [2.75, 3.05) is 6.61 Å². The SMILES string of the molecule is CCC(C(=O)NC1CCCC1)N(Cc1ccc(F)cc1)C(=O)COc1ccc(Cl)c(C)c1. The molecule has 0 radical (unpaired) electrons. The summed E-state index contributed by atoms with van der Waals surface area (Å²) in [7, 11) is 0. The summed E-state index contributed by atoms with van der Waals surface area (Å²) in [5.41, 5.74) is 1.59. The lowest BCUT2D eigenvalue weighted by Crippen LogP contribution is -2.52. The van der Waals surface area contributed by atoms with Crippen molar-refractivity contribution in [3.05, 3.63) is 64.4 Å². The smallest absolute Gasteiger partial charge is 0.261 e. The van der Waals surface area contributed by atoms with Crippen molar-refractivity contribution < 1.29 is 18.7 Å². The summed E-state index contributed by atoms with van der Waals surface area (Å²) >= 11 is 6.06. The molecule has 1 fully saturated rings. The summed E-state index contributed by atoms with van der Waals surface area (Å²) < 4.78 is 19.1. The summed E-state index contributed by atoms with van der Waals surface area (Å²) in [6.07, 6.45) is 4.61. The van der Waals surface area contributed by atoms with Crippen molar-refractivity contribution in [2.24, 2.45) is 0 Å². The number of carbonyl (C=O) groups is 2. The third-order valence-corrected chi connectivity index (χ3v) is 6.27. The van der Waals surface area contributed by atoms with Gasteiger partial charge in [-0.3, -0.25) is 9.59 Å². The molecule has 2 amide bonds. The van der Waals surface area contributed by atoms with E-state index >= 15 is 0 Å². The van der Waals surface area contributed by atoms with Crippen LogP contribution in [0.3, 0.4) is 0 Å². The van der Waals surface area contributed by atoms with Gasteiger partial charge in [-0.1, -0.05) is 43.5 Å². The molecule has 2 aromatic rings. The molecular weight excluding hydrogens is 431 g/mol. The Hall–Kier alpha value is -2.60. The fourth-order valence-corrected chi connectivity index (χ4v) is 4.13. The molecule has 5 nitrogen and oxygen atoms in total. The Morgan fingerprint density at radius 3 is 2.50 bits per heavy atom. The summed E-state index contributed by atoms with van der Waals surface area (Å²) in [6, 6.07) is 10.7. The highest BCUT2D eigenvalue weighted by Crippen LogP contribution is 2.22. The number of ether oxygens (including phenoxy) is 1. The van der Waals surface area contributed by atoms with E-state index in [4.69, 9.17) is 16.3 Å². The zero-order valence-electron chi connectivity index (χ0n) is 18.6. The largest absolute Gasteiger partial charge is 0.484 e. The topological polar surface area (TPSA) is 58.6 Å². The second-order valence-electron chi connectivity index (χ2n) is 8.26. The van der Waals surface area contributed by atoms with Crippen LogP contribution in [0, 0.1) is 12.7 Å². The molecular formula is C25H30ClFN2O3. The molecule has 0 saturated heterocycles. The molecule has 1 aliphatic carbocycles. The van der Waals surface area contributed by atoms with Gasteiger partial charge in [0.2, 0.25) is 5.91 Å². The molecule has 2 aromatic carbocycles. The molecule has 1 aliphatic rings. The van der Waals surface area contributed by atoms with Gasteiger partial charge in [0.25, 0.3) is 5.91 Å². The van der Waals surface area contributed by atoms with E-state index in [1.54, 1.807) is 30.3 Å². The van der Waals surface area contributed by atoms with Crippen LogP contribution in [0.25, 0.3) is 0 Å². The Bertz CT molecular complexity index is 929. The predicted octanol–water partition coefficient (Wildman–Crippen LogP) is 5.03. The maximum absolute atomic E-state index is 13.4. The molecule has 7 heteroatoms. The molecule has 3 rings (SSSR count). The van der Waals surface area contributed by atoms with Crippen LogP contribution in [0.1, 0.15) is 50.2 Å². The van der Waals surface area contributed by atoms with Gasteiger partial charge in [0.1, 0.15) is 17.6 Å². The third-order valence-electron chi connectivity index (χ3n) is 5.85. The number of nitrogens with one attached hydrogen (secondary N) is 1. The predicted molar refractivity (Wildman–Crippen MR) is 123 cm³/mol. The van der Waals surface area contributed by atoms with Crippen LogP contribution in [0.2, 0.25) is 5.02 Å². The fourth-order valence-electron chi connectivity index (χ4n) is 4.01. The molecule has 0 aromatic heterocycles. The Balaban J connectivity index is 1.75. The van der Waals surface area contributed by atoms with Gasteiger partial charge in [-0.05, 0) is 67.6 Å². The average Bonchev–Trinajstić information content (AvgIpc) is 3.28. The first kappa shape index (κ1) is 24.1. The highest BCUT2D eigenvalue weighted by Gasteiger charge is 2.30. The van der Waals surface area contributed by atoms with E-state index in [0.717, 1.165) is 36.8 Å². The lowest BCUT2D eigenvalue weighted by atomic mass is 10.1. The van der Waals surface area contributed by atoms with Crippen molar-refractivity contribution in [2.45, 2.75) is 64.6 Å². The molecule has 0 spiro atoms. The fraction of sp³-hybridized carbons (Fsp3) is 0.440. The number of rotatable bonds is 9. The van der Waals surface area contributed by atoms with E-state index in [0.29, 0.717) is 17.2 Å². The molecule has 1 saturated carbocycles. The van der Waals surface area contributed by atoms with Crippen LogP contribution < -0.4 is 10.1 Å². The van der Waals surface area contributed by atoms with Crippen LogP contribution in [0.4, 0.5) is 4.39 Å². The molecule has 172 valence electrons. The number of hydrogen-bond acceptors (Lipinski definition) is 3. The van der Waals surface area contributed by atoms with Crippen LogP contribution in [0.5, 0.6) is 5.75 Å². The van der Waals surface area contributed by atoms with E-state index in [2.05, 4.69) is 5.32 Å². The highest BCUT2D eigenvalue weighted by molar-refractivity contribution is 6.31. The van der Waals surface area contributed by atoms with Crippen LogP contribution >= 0.6 is 11.6 Å². The summed E-state index contributed by atoms with van der Waals surface area (Å²) in [6.45, 7) is 3.72. The Kier molecular flexibility index (Phi) is 8.51. The molecule has 0 bridgehead atoms. The quantitative estimate of drug-likeness (QED) is 0.570. The lowest BCUT2D eigenvalue weighted by molar-refractivity contribution is -0.143. The maximum Gasteiger partial charge on any atom is 0.261 e. The number of amides is 2. The number of benzene rings is 2. The van der Waals surface area contributed by atoms with Crippen molar-refractivity contribution in [1.82, 2.24) is 10.2 Å². The molecule has 1 unspecified atom stereocenters. The summed E-state index contributed by atoms with van der Waals surface area (Å²) in [5.74, 6) is -0.280. The van der Waals surface area contributed by atoms with E-state index in [9.17, 15) is 14.0 Å². The Morgan fingerprint density at radius 1 is 1.19 bits per heavy atom. The second kappa shape index (κ2) is 11.3. The van der Waals surface area contributed by atoms with E-state index in [1.807, 2.05) is 13.8 Å². The summed E-state index contributed by atoms with van der Waals surface area (Å²) in [4.78, 5) is 27.8. The van der Waals surface area contributed by atoms with Crippen molar-refractivity contribution in [3.8, 4) is 5.75 Å². The number of hydrogen-bond donors (Lipinski definition) is 1. The van der Waals surface area contributed by atoms with E-state index in [1.165, 1.54) is 17.0 Å². The highest BCUT2D eigenvalue weighted by atomic mass is 35.5. The number of nitrogens with zero attached hydrogens (tertiary/aromatic N) is 1. The normalized spacial score (nSPS) is 14.8. The lowest BCUT2D eigenvalue weighted by Gasteiger charge is -2.31. The number of aryl methyl sites for hydroxylation is 1. The first-order valence-corrected chi connectivity index (χ1v) is 11.5. The van der Waals surface area contributed by atoms with Gasteiger partial charge < -0.3 is 15.0 Å². The minimum absolute atomic E-state index is 0.155. The molecule has 0 aliphatic heterocycles. The number of carbonyl (C=O) groups excluding carboxylic acids is 2. The molecule has 1 N–H and O–H groups in total. The molecule has 0 heterocycles. The standard InChI is InChI=1S/C25H30ClFN2O3/c1-3-23(25(31)28-20-6-4-5-7-20)29(15-18-8-10-19(27)11-9-18)24(30)16-32-21-12-13-22(26)17(2)14-21/h8-14,20,23H,3-7,15-16H2,1-2H3,(H,28,31). The zero-order chi connectivity index (χ0) is 23.1. The monoisotopic (exact) mass is 460 g/mol. The summed E-state index contributed by atoms with van der Waals surface area (Å²) in [5, 5.41) is 3.72. The Morgan fingerprint density at radius 2 is 1.88 bits per heavy atom. The van der Waals surface area contributed by atoms with Crippen LogP contribution in [-0.2, 0) is 16.1 Å². The van der Waals surface area contributed by atoms with Gasteiger partial charge in [-0.2, -0.15) is 0 Å².